The van der Waals surface area contributed by atoms with E-state index in [0.29, 0.717) is 0 Å². The van der Waals surface area contributed by atoms with Crippen molar-refractivity contribution in [3.8, 4) is 27.9 Å². The third-order valence-electron chi connectivity index (χ3n) is 11.9. The molecule has 2 nitrogen and oxygen atoms in total. The Kier molecular flexibility index (Phi) is 8.00. The molecule has 12 rings (SSSR count). The first-order valence-corrected chi connectivity index (χ1v) is 21.8. The molecule has 0 unspecified atom stereocenters. The van der Waals surface area contributed by atoms with Crippen molar-refractivity contribution in [1.82, 2.24) is 4.57 Å². The highest BCUT2D eigenvalue weighted by molar-refractivity contribution is 7.26. The van der Waals surface area contributed by atoms with Crippen LogP contribution in [0.1, 0.15) is 6.42 Å². The quantitative estimate of drug-likeness (QED) is 0.163. The Bertz CT molecular complexity index is 3570. The number of anilines is 2. The fourth-order valence-corrected chi connectivity index (χ4v) is 11.8. The Balaban J connectivity index is 1.07. The fraction of sp³-hybridized carbons (Fsp3) is 0.0182. The van der Waals surface area contributed by atoms with Gasteiger partial charge in [-0.05, 0) is 70.8 Å². The molecule has 0 saturated carbocycles. The molecule has 0 fully saturated rings. The minimum absolute atomic E-state index is 0.808. The summed E-state index contributed by atoms with van der Waals surface area (Å²) in [5.41, 5.74) is 12.1. The van der Waals surface area contributed by atoms with Gasteiger partial charge in [0.15, 0.2) is 0 Å². The third kappa shape index (κ3) is 5.52. The zero-order chi connectivity index (χ0) is 38.9. The molecule has 1 aliphatic carbocycles. The van der Waals surface area contributed by atoms with Crippen LogP contribution < -0.4 is 14.7 Å². The van der Waals surface area contributed by atoms with E-state index in [2.05, 4.69) is 216 Å². The van der Waals surface area contributed by atoms with Gasteiger partial charge in [-0.15, -0.1) is 22.7 Å². The van der Waals surface area contributed by atoms with Crippen molar-refractivity contribution < 1.29 is 0 Å². The summed E-state index contributed by atoms with van der Waals surface area (Å²) in [6.45, 7) is 0. The van der Waals surface area contributed by atoms with E-state index in [9.17, 15) is 0 Å². The number of para-hydroxylation sites is 2. The zero-order valence-corrected chi connectivity index (χ0v) is 33.7. The van der Waals surface area contributed by atoms with E-state index in [-0.39, 0.29) is 0 Å². The molecule has 0 bridgehead atoms. The number of aromatic nitrogens is 1. The second-order valence-corrected chi connectivity index (χ2v) is 17.3. The lowest BCUT2D eigenvalue weighted by atomic mass is 10.00. The maximum atomic E-state index is 2.51. The van der Waals surface area contributed by atoms with Crippen molar-refractivity contribution in [1.29, 1.82) is 0 Å². The number of nitrogens with zero attached hydrogens (tertiary/aromatic N) is 2. The fourth-order valence-electron chi connectivity index (χ4n) is 9.17. The molecule has 0 spiro atoms. The Labute approximate surface area is 349 Å². The van der Waals surface area contributed by atoms with E-state index in [1.165, 1.54) is 89.8 Å². The van der Waals surface area contributed by atoms with E-state index in [0.717, 1.165) is 23.5 Å². The zero-order valence-electron chi connectivity index (χ0n) is 32.0. The van der Waals surface area contributed by atoms with Crippen molar-refractivity contribution >= 4 is 97.9 Å². The molecule has 0 saturated heterocycles. The molecule has 278 valence electrons. The van der Waals surface area contributed by atoms with Crippen molar-refractivity contribution in [2.45, 2.75) is 6.42 Å². The Morgan fingerprint density at radius 1 is 0.458 bits per heavy atom. The van der Waals surface area contributed by atoms with Gasteiger partial charge in [-0.1, -0.05) is 158 Å². The monoisotopic (exact) mass is 788 g/mol. The van der Waals surface area contributed by atoms with Crippen molar-refractivity contribution in [3.05, 3.63) is 210 Å². The molecule has 4 heteroatoms. The maximum absolute atomic E-state index is 2.51. The first kappa shape index (κ1) is 34.1. The first-order valence-electron chi connectivity index (χ1n) is 20.1. The highest BCUT2D eigenvalue weighted by Gasteiger charge is 2.22. The molecule has 0 N–H and O–H groups in total. The molecule has 0 amide bonds. The molecule has 0 aliphatic heterocycles. The minimum Gasteiger partial charge on any atom is -0.312 e. The molecular weight excluding hydrogens is 753 g/mol. The number of benzene rings is 8. The van der Waals surface area contributed by atoms with Crippen LogP contribution in [0.3, 0.4) is 0 Å². The highest BCUT2D eigenvalue weighted by Crippen LogP contribution is 2.45. The lowest BCUT2D eigenvalue weighted by Gasteiger charge is -2.28. The van der Waals surface area contributed by atoms with Gasteiger partial charge >= 0.3 is 0 Å². The van der Waals surface area contributed by atoms with E-state index >= 15 is 0 Å². The summed E-state index contributed by atoms with van der Waals surface area (Å²) in [7, 11) is 0. The average Bonchev–Trinajstić information content (AvgIpc) is 3.93. The topological polar surface area (TPSA) is 8.17 Å². The standard InChI is InChI=1S/C55H36N2S2/c1-3-15-36(16-4-1)41-22-13-24-47-48-25-14-23-42(54(48)59-53(41)47)37-29-31-39(32-30-37)56(50-27-11-8-21-46-45-20-9-12-28-52(45)58-55(46)50)40-33-34-44-43-19-7-10-26-49(43)57(51(44)35-40)38-17-5-2-6-18-38/h1-26,28-35H,27H2. The van der Waals surface area contributed by atoms with Crippen molar-refractivity contribution in [2.24, 2.45) is 0 Å². The second-order valence-electron chi connectivity index (χ2n) is 15.2. The largest absolute Gasteiger partial charge is 0.312 e. The Morgan fingerprint density at radius 2 is 1.07 bits per heavy atom. The lowest BCUT2D eigenvalue weighted by Crippen LogP contribution is -2.28. The maximum Gasteiger partial charge on any atom is 0.0561 e. The van der Waals surface area contributed by atoms with Crippen LogP contribution in [-0.2, 0) is 0 Å². The van der Waals surface area contributed by atoms with Crippen molar-refractivity contribution in [2.75, 3.05) is 4.90 Å². The van der Waals surface area contributed by atoms with Crippen LogP contribution in [0.2, 0.25) is 0 Å². The highest BCUT2D eigenvalue weighted by atomic mass is 32.1. The van der Waals surface area contributed by atoms with E-state index in [1.807, 2.05) is 22.7 Å². The van der Waals surface area contributed by atoms with Gasteiger partial charge in [0.05, 0.1) is 15.6 Å². The lowest BCUT2D eigenvalue weighted by molar-refractivity contribution is 1.17. The first-order chi connectivity index (χ1) is 29.3. The van der Waals surface area contributed by atoms with Gasteiger partial charge < -0.3 is 9.47 Å². The number of rotatable bonds is 6. The predicted octanol–water partition coefficient (Wildman–Crippen LogP) is 14.4. The predicted molar refractivity (Wildman–Crippen MR) is 256 cm³/mol. The summed E-state index contributed by atoms with van der Waals surface area (Å²) < 4.78 is 7.70. The molecule has 3 aromatic heterocycles. The summed E-state index contributed by atoms with van der Waals surface area (Å²) in [5, 5.41) is 7.72. The number of thiophene rings is 2. The summed E-state index contributed by atoms with van der Waals surface area (Å²) in [6.07, 6.45) is 7.65. The van der Waals surface area contributed by atoms with Gasteiger partial charge in [0.2, 0.25) is 0 Å². The van der Waals surface area contributed by atoms with Crippen LogP contribution in [0.15, 0.2) is 200 Å². The minimum atomic E-state index is 0.808. The van der Waals surface area contributed by atoms with Gasteiger partial charge in [0, 0.05) is 75.4 Å². The molecule has 0 atom stereocenters. The van der Waals surface area contributed by atoms with Gasteiger partial charge in [-0.25, -0.2) is 0 Å². The summed E-state index contributed by atoms with van der Waals surface area (Å²) in [4.78, 5) is 2.51. The Morgan fingerprint density at radius 3 is 1.83 bits per heavy atom. The van der Waals surface area contributed by atoms with Gasteiger partial charge in [-0.2, -0.15) is 0 Å². The van der Waals surface area contributed by atoms with E-state index < -0.39 is 0 Å². The smallest absolute Gasteiger partial charge is 0.0561 e. The van der Waals surface area contributed by atoms with Crippen LogP contribution in [0.5, 0.6) is 0 Å². The average molecular weight is 789 g/mol. The molecule has 11 aromatic rings. The normalized spacial score (nSPS) is 12.7. The van der Waals surface area contributed by atoms with Gasteiger partial charge in [-0.3, -0.25) is 0 Å². The summed E-state index contributed by atoms with van der Waals surface area (Å²) in [5.74, 6) is 0. The number of hydrogen-bond acceptors (Lipinski definition) is 3. The van der Waals surface area contributed by atoms with Crippen LogP contribution in [0, 0.1) is 0 Å². The molecule has 1 aliphatic rings. The van der Waals surface area contributed by atoms with Crippen LogP contribution in [0.25, 0.3) is 91.8 Å². The number of hydrogen-bond donors (Lipinski definition) is 0. The van der Waals surface area contributed by atoms with Crippen LogP contribution in [-0.4, -0.2) is 4.57 Å². The molecule has 8 aromatic carbocycles. The number of fused-ring (bicyclic) bond motifs is 9. The van der Waals surface area contributed by atoms with E-state index in [1.54, 1.807) is 0 Å². The van der Waals surface area contributed by atoms with Gasteiger partial charge in [0.1, 0.15) is 0 Å². The summed E-state index contributed by atoms with van der Waals surface area (Å²) in [6, 6.07) is 69.0. The molecule has 0 radical (unpaired) electrons. The van der Waals surface area contributed by atoms with E-state index in [4.69, 9.17) is 0 Å². The van der Waals surface area contributed by atoms with Crippen LogP contribution >= 0.6 is 22.7 Å². The summed E-state index contributed by atoms with van der Waals surface area (Å²) >= 11 is 3.80. The SMILES string of the molecule is C1=CCC(N(c2ccc(-c3cccc4c3sc3c(-c5ccccc5)cccc34)cc2)c2ccc3c4ccccc4n(-c4ccccc4)c3c2)=c2sc3ccccc3c2=C1. The van der Waals surface area contributed by atoms with Crippen molar-refractivity contribution in [3.63, 3.8) is 0 Å². The molecule has 59 heavy (non-hydrogen) atoms. The Hall–Kier alpha value is -6.98. The third-order valence-corrected chi connectivity index (χ3v) is 14.4. The second kappa shape index (κ2) is 13.8. The van der Waals surface area contributed by atoms with Gasteiger partial charge in [0.25, 0.3) is 0 Å². The molecule has 3 heterocycles. The number of allylic oxidation sites excluding steroid dienone is 1. The molecular formula is C55H36N2S2. The van der Waals surface area contributed by atoms with Crippen LogP contribution in [0.4, 0.5) is 11.4 Å².